The number of hydrogen-bond donors (Lipinski definition) is 1. The van der Waals surface area contributed by atoms with Gasteiger partial charge in [0.1, 0.15) is 18.2 Å². The third-order valence-electron chi connectivity index (χ3n) is 5.38. The molecule has 1 saturated heterocycles. The van der Waals surface area contributed by atoms with Crippen LogP contribution in [0.5, 0.6) is 0 Å². The third kappa shape index (κ3) is 5.60. The number of nitrogens with one attached hydrogen (secondary N) is 1. The molecule has 3 aromatic rings. The maximum atomic E-state index is 13.1. The van der Waals surface area contributed by atoms with E-state index in [9.17, 15) is 13.2 Å². The molecule has 1 atom stereocenters. The quantitative estimate of drug-likeness (QED) is 0.502. The predicted molar refractivity (Wildman–Crippen MR) is 114 cm³/mol. The van der Waals surface area contributed by atoms with Crippen molar-refractivity contribution in [2.75, 3.05) is 45.3 Å². The lowest BCUT2D eigenvalue weighted by atomic mass is 10.2. The highest BCUT2D eigenvalue weighted by atomic mass is 19.4. The zero-order chi connectivity index (χ0) is 23.6. The Balaban J connectivity index is 1.62. The number of methoxy groups -OCH3 is 1. The first-order chi connectivity index (χ1) is 15.7. The van der Waals surface area contributed by atoms with Crippen molar-refractivity contribution in [2.24, 2.45) is 7.05 Å². The van der Waals surface area contributed by atoms with Gasteiger partial charge in [-0.05, 0) is 6.92 Å². The molecule has 1 fully saturated rings. The minimum Gasteiger partial charge on any atom is -0.383 e. The summed E-state index contributed by atoms with van der Waals surface area (Å²) in [6.45, 7) is 3.98. The number of imidazole rings is 1. The van der Waals surface area contributed by atoms with E-state index in [1.165, 1.54) is 0 Å². The SMILES string of the molecule is COCCNc1nc(C2CN(Cc3cn(C)nc3C)CCO2)nc2c1ncn2CC(F)(F)F. The number of ether oxygens (including phenoxy) is 2. The first-order valence-corrected chi connectivity index (χ1v) is 10.6. The van der Waals surface area contributed by atoms with E-state index in [-0.39, 0.29) is 11.2 Å². The number of aryl methyl sites for hydroxylation is 2. The Kier molecular flexibility index (Phi) is 6.81. The fraction of sp³-hybridized carbons (Fsp3) is 0.600. The van der Waals surface area contributed by atoms with Gasteiger partial charge in [-0.25, -0.2) is 15.0 Å². The van der Waals surface area contributed by atoms with Crippen molar-refractivity contribution >= 4 is 17.0 Å². The number of morpholine rings is 1. The lowest BCUT2D eigenvalue weighted by Crippen LogP contribution is -2.38. The number of hydrogen-bond acceptors (Lipinski definition) is 8. The van der Waals surface area contributed by atoms with Gasteiger partial charge < -0.3 is 19.4 Å². The van der Waals surface area contributed by atoms with Crippen molar-refractivity contribution in [2.45, 2.75) is 32.3 Å². The summed E-state index contributed by atoms with van der Waals surface area (Å²) in [7, 11) is 3.44. The standard InChI is InChI=1S/C20H27F3N8O2/c1-13-14(8-29(2)28-13)9-30-5-7-33-15(10-30)17-26-18(24-4-6-32-3)16-19(27-17)31(12-25-16)11-20(21,22)23/h8,12,15H,4-7,9-11H2,1-3H3,(H,24,26,27). The van der Waals surface area contributed by atoms with E-state index in [1.54, 1.807) is 11.8 Å². The average Bonchev–Trinajstić information content (AvgIpc) is 3.29. The van der Waals surface area contributed by atoms with E-state index < -0.39 is 18.8 Å². The van der Waals surface area contributed by atoms with Crippen molar-refractivity contribution in [1.29, 1.82) is 0 Å². The molecule has 1 aliphatic heterocycles. The van der Waals surface area contributed by atoms with Crippen LogP contribution in [0.25, 0.3) is 11.2 Å². The number of aromatic nitrogens is 6. The smallest absolute Gasteiger partial charge is 0.383 e. The van der Waals surface area contributed by atoms with Crippen LogP contribution in [0.4, 0.5) is 19.0 Å². The first-order valence-electron chi connectivity index (χ1n) is 10.6. The van der Waals surface area contributed by atoms with Gasteiger partial charge in [-0.15, -0.1) is 0 Å². The Labute approximate surface area is 188 Å². The van der Waals surface area contributed by atoms with Gasteiger partial charge in [0, 0.05) is 52.1 Å². The molecule has 0 saturated carbocycles. The fourth-order valence-electron chi connectivity index (χ4n) is 3.86. The molecule has 3 aromatic heterocycles. The van der Waals surface area contributed by atoms with Gasteiger partial charge in [-0.2, -0.15) is 18.3 Å². The molecule has 1 aliphatic rings. The molecule has 0 bridgehead atoms. The minimum absolute atomic E-state index is 0.112. The minimum atomic E-state index is -4.40. The topological polar surface area (TPSA) is 95.2 Å². The van der Waals surface area contributed by atoms with Gasteiger partial charge in [-0.1, -0.05) is 0 Å². The first kappa shape index (κ1) is 23.4. The van der Waals surface area contributed by atoms with E-state index in [0.717, 1.165) is 28.7 Å². The normalized spacial score (nSPS) is 17.7. The lowest BCUT2D eigenvalue weighted by Gasteiger charge is -2.32. The summed E-state index contributed by atoms with van der Waals surface area (Å²) in [5.41, 5.74) is 2.46. The number of nitrogens with zero attached hydrogens (tertiary/aromatic N) is 7. The molecule has 4 heterocycles. The van der Waals surface area contributed by atoms with Crippen LogP contribution in [0.1, 0.15) is 23.2 Å². The van der Waals surface area contributed by atoms with Crippen LogP contribution in [-0.2, 0) is 29.6 Å². The van der Waals surface area contributed by atoms with Gasteiger partial charge in [0.05, 0.1) is 25.2 Å². The summed E-state index contributed by atoms with van der Waals surface area (Å²) in [4.78, 5) is 15.3. The number of alkyl halides is 3. The Hall–Kier alpha value is -2.77. The monoisotopic (exact) mass is 468 g/mol. The van der Waals surface area contributed by atoms with Gasteiger partial charge in [0.25, 0.3) is 0 Å². The summed E-state index contributed by atoms with van der Waals surface area (Å²) in [6.07, 6.45) is -1.77. The number of fused-ring (bicyclic) bond motifs is 1. The van der Waals surface area contributed by atoms with E-state index in [2.05, 4.69) is 30.3 Å². The number of anilines is 1. The van der Waals surface area contributed by atoms with Crippen LogP contribution in [0.15, 0.2) is 12.5 Å². The second-order valence-electron chi connectivity index (χ2n) is 8.02. The number of rotatable bonds is 8. The summed E-state index contributed by atoms with van der Waals surface area (Å²) >= 11 is 0. The average molecular weight is 468 g/mol. The Morgan fingerprint density at radius 3 is 2.82 bits per heavy atom. The summed E-state index contributed by atoms with van der Waals surface area (Å²) in [6, 6.07) is 0. The van der Waals surface area contributed by atoms with Crippen LogP contribution in [0.2, 0.25) is 0 Å². The summed E-state index contributed by atoms with van der Waals surface area (Å²) in [5, 5.41) is 7.47. The molecule has 0 radical (unpaired) electrons. The number of halogens is 3. The van der Waals surface area contributed by atoms with Crippen LogP contribution in [0, 0.1) is 6.92 Å². The second-order valence-corrected chi connectivity index (χ2v) is 8.02. The van der Waals surface area contributed by atoms with Crippen molar-refractivity contribution in [1.82, 2.24) is 34.2 Å². The molecular weight excluding hydrogens is 441 g/mol. The van der Waals surface area contributed by atoms with Gasteiger partial charge >= 0.3 is 6.18 Å². The van der Waals surface area contributed by atoms with E-state index in [4.69, 9.17) is 9.47 Å². The highest BCUT2D eigenvalue weighted by Gasteiger charge is 2.31. The summed E-state index contributed by atoms with van der Waals surface area (Å²) < 4.78 is 53.0. The van der Waals surface area contributed by atoms with Crippen molar-refractivity contribution in [3.05, 3.63) is 29.6 Å². The van der Waals surface area contributed by atoms with E-state index in [1.807, 2.05) is 20.2 Å². The molecule has 33 heavy (non-hydrogen) atoms. The second kappa shape index (κ2) is 9.61. The molecule has 4 rings (SSSR count). The zero-order valence-corrected chi connectivity index (χ0v) is 18.8. The van der Waals surface area contributed by atoms with E-state index >= 15 is 0 Å². The van der Waals surface area contributed by atoms with Gasteiger partial charge in [-0.3, -0.25) is 9.58 Å². The highest BCUT2D eigenvalue weighted by molar-refractivity contribution is 5.83. The third-order valence-corrected chi connectivity index (χ3v) is 5.38. The molecule has 1 unspecified atom stereocenters. The molecule has 180 valence electrons. The molecule has 13 heteroatoms. The molecule has 0 aliphatic carbocycles. The highest BCUT2D eigenvalue weighted by Crippen LogP contribution is 2.28. The molecule has 0 amide bonds. The molecular formula is C20H27F3N8O2. The van der Waals surface area contributed by atoms with Crippen LogP contribution in [0.3, 0.4) is 0 Å². The predicted octanol–water partition coefficient (Wildman–Crippen LogP) is 2.06. The molecule has 0 spiro atoms. The van der Waals surface area contributed by atoms with Crippen LogP contribution >= 0.6 is 0 Å². The van der Waals surface area contributed by atoms with Crippen molar-refractivity contribution in [3.63, 3.8) is 0 Å². The lowest BCUT2D eigenvalue weighted by molar-refractivity contribution is -0.140. The van der Waals surface area contributed by atoms with E-state index in [0.29, 0.717) is 44.5 Å². The molecule has 0 aromatic carbocycles. The maximum absolute atomic E-state index is 13.1. The largest absolute Gasteiger partial charge is 0.406 e. The Morgan fingerprint density at radius 1 is 1.30 bits per heavy atom. The Bertz CT molecular complexity index is 1100. The van der Waals surface area contributed by atoms with Crippen LogP contribution < -0.4 is 5.32 Å². The van der Waals surface area contributed by atoms with Crippen LogP contribution in [-0.4, -0.2) is 80.3 Å². The van der Waals surface area contributed by atoms with Gasteiger partial charge in [0.15, 0.2) is 17.3 Å². The molecule has 10 nitrogen and oxygen atoms in total. The maximum Gasteiger partial charge on any atom is 0.406 e. The fourth-order valence-corrected chi connectivity index (χ4v) is 3.86. The van der Waals surface area contributed by atoms with Crippen molar-refractivity contribution < 1.29 is 22.6 Å². The van der Waals surface area contributed by atoms with Crippen molar-refractivity contribution in [3.8, 4) is 0 Å². The zero-order valence-electron chi connectivity index (χ0n) is 18.8. The molecule has 1 N–H and O–H groups in total. The Morgan fingerprint density at radius 2 is 2.12 bits per heavy atom. The van der Waals surface area contributed by atoms with Gasteiger partial charge in [0.2, 0.25) is 0 Å². The summed E-state index contributed by atoms with van der Waals surface area (Å²) in [5.74, 6) is 0.677.